The van der Waals surface area contributed by atoms with E-state index in [2.05, 4.69) is 32.4 Å². The lowest BCUT2D eigenvalue weighted by molar-refractivity contribution is 0.324. The Balaban J connectivity index is 1.77. The van der Waals surface area contributed by atoms with Crippen LogP contribution in [-0.4, -0.2) is 50.0 Å². The number of nitrogens with zero attached hydrogens (tertiary/aromatic N) is 4. The lowest BCUT2D eigenvalue weighted by Gasteiger charge is -2.15. The minimum atomic E-state index is 0.543. The first-order valence-electron chi connectivity index (χ1n) is 9.73. The van der Waals surface area contributed by atoms with Crippen LogP contribution in [0.5, 0.6) is 17.2 Å². The fourth-order valence-corrected chi connectivity index (χ4v) is 3.44. The lowest BCUT2D eigenvalue weighted by atomic mass is 10.1. The molecule has 31 heavy (non-hydrogen) atoms. The fraction of sp³-hybridized carbons (Fsp3) is 0.217. The summed E-state index contributed by atoms with van der Waals surface area (Å²) >= 11 is 0. The second kappa shape index (κ2) is 8.43. The van der Waals surface area contributed by atoms with Crippen molar-refractivity contribution in [3.8, 4) is 28.4 Å². The van der Waals surface area contributed by atoms with Crippen molar-refractivity contribution in [2.75, 3.05) is 45.6 Å². The summed E-state index contributed by atoms with van der Waals surface area (Å²) in [6.07, 6.45) is 3.54. The number of nitrogens with one attached hydrogen (secondary N) is 1. The van der Waals surface area contributed by atoms with E-state index in [4.69, 9.17) is 14.2 Å². The number of anilines is 3. The van der Waals surface area contributed by atoms with Gasteiger partial charge in [-0.25, -0.2) is 4.98 Å². The molecule has 0 aliphatic heterocycles. The van der Waals surface area contributed by atoms with Gasteiger partial charge in [0.05, 0.1) is 27.5 Å². The van der Waals surface area contributed by atoms with Crippen LogP contribution in [0.25, 0.3) is 16.8 Å². The van der Waals surface area contributed by atoms with Gasteiger partial charge >= 0.3 is 0 Å². The Morgan fingerprint density at radius 2 is 1.68 bits per heavy atom. The highest BCUT2D eigenvalue weighted by atomic mass is 16.5. The third kappa shape index (κ3) is 3.79. The molecule has 8 nitrogen and oxygen atoms in total. The van der Waals surface area contributed by atoms with Gasteiger partial charge in [-0.1, -0.05) is 6.07 Å². The molecule has 4 aromatic rings. The van der Waals surface area contributed by atoms with Crippen LogP contribution in [0.15, 0.2) is 54.9 Å². The maximum absolute atomic E-state index is 5.49. The van der Waals surface area contributed by atoms with Gasteiger partial charge < -0.3 is 24.4 Å². The maximum atomic E-state index is 5.49. The van der Waals surface area contributed by atoms with Gasteiger partial charge in [-0.2, -0.15) is 9.61 Å². The molecule has 4 rings (SSSR count). The van der Waals surface area contributed by atoms with E-state index < -0.39 is 0 Å². The normalized spacial score (nSPS) is 10.7. The number of ether oxygens (including phenoxy) is 3. The zero-order valence-corrected chi connectivity index (χ0v) is 18.2. The standard InChI is InChI=1S/C23H25N5O3/c1-27(2)17-8-6-7-16(13-17)26-21-9-10-24-23-18(14-25-28(21)23)15-11-19(29-3)22(31-5)20(12-15)30-4/h6-14,26H,1-5H3. The highest BCUT2D eigenvalue weighted by Gasteiger charge is 2.17. The summed E-state index contributed by atoms with van der Waals surface area (Å²) in [5.41, 5.74) is 4.49. The minimum Gasteiger partial charge on any atom is -0.493 e. The van der Waals surface area contributed by atoms with Crippen molar-refractivity contribution in [2.24, 2.45) is 0 Å². The molecule has 0 radical (unpaired) electrons. The van der Waals surface area contributed by atoms with Crippen LogP contribution in [0.1, 0.15) is 0 Å². The predicted molar refractivity (Wildman–Crippen MR) is 122 cm³/mol. The lowest BCUT2D eigenvalue weighted by Crippen LogP contribution is -2.08. The number of methoxy groups -OCH3 is 3. The zero-order chi connectivity index (χ0) is 22.0. The highest BCUT2D eigenvalue weighted by Crippen LogP contribution is 2.42. The van der Waals surface area contributed by atoms with Gasteiger partial charge in [0.15, 0.2) is 17.1 Å². The van der Waals surface area contributed by atoms with Crippen molar-refractivity contribution in [3.63, 3.8) is 0 Å². The Labute approximate surface area is 181 Å². The quantitative estimate of drug-likeness (QED) is 0.480. The minimum absolute atomic E-state index is 0.543. The first-order chi connectivity index (χ1) is 15.0. The van der Waals surface area contributed by atoms with Crippen LogP contribution in [0.2, 0.25) is 0 Å². The Morgan fingerprint density at radius 1 is 0.935 bits per heavy atom. The first-order valence-corrected chi connectivity index (χ1v) is 9.73. The molecule has 0 saturated carbocycles. The van der Waals surface area contributed by atoms with Gasteiger partial charge in [-0.15, -0.1) is 0 Å². The third-order valence-electron chi connectivity index (χ3n) is 5.01. The van der Waals surface area contributed by atoms with E-state index in [1.165, 1.54) is 0 Å². The van der Waals surface area contributed by atoms with Crippen molar-refractivity contribution >= 4 is 22.8 Å². The van der Waals surface area contributed by atoms with Crippen LogP contribution in [0, 0.1) is 0 Å². The summed E-state index contributed by atoms with van der Waals surface area (Å²) in [5.74, 6) is 2.50. The SMILES string of the molecule is COc1cc(-c2cnn3c(Nc4cccc(N(C)C)c4)ccnc23)cc(OC)c1OC. The molecule has 0 amide bonds. The van der Waals surface area contributed by atoms with Crippen LogP contribution in [0.3, 0.4) is 0 Å². The molecule has 0 aliphatic carbocycles. The Hall–Kier alpha value is -3.94. The van der Waals surface area contributed by atoms with Gasteiger partial charge in [0.1, 0.15) is 5.82 Å². The third-order valence-corrected chi connectivity index (χ3v) is 5.01. The summed E-state index contributed by atoms with van der Waals surface area (Å²) in [5, 5.41) is 8.01. The number of rotatable bonds is 7. The van der Waals surface area contributed by atoms with Gasteiger partial charge in [-0.05, 0) is 42.0 Å². The summed E-state index contributed by atoms with van der Waals surface area (Å²) in [6.45, 7) is 0. The van der Waals surface area contributed by atoms with Gasteiger partial charge in [-0.3, -0.25) is 0 Å². The molecular formula is C23H25N5O3. The zero-order valence-electron chi connectivity index (χ0n) is 18.2. The van der Waals surface area contributed by atoms with Crippen LogP contribution < -0.4 is 24.4 Å². The maximum Gasteiger partial charge on any atom is 0.203 e. The van der Waals surface area contributed by atoms with E-state index in [1.807, 2.05) is 44.4 Å². The second-order valence-electron chi connectivity index (χ2n) is 7.11. The molecule has 0 fully saturated rings. The number of benzene rings is 2. The van der Waals surface area contributed by atoms with E-state index in [1.54, 1.807) is 38.2 Å². The molecule has 2 aromatic carbocycles. The molecule has 0 atom stereocenters. The van der Waals surface area contributed by atoms with Gasteiger partial charge in [0, 0.05) is 37.2 Å². The molecule has 2 heterocycles. The van der Waals surface area contributed by atoms with E-state index in [0.29, 0.717) is 22.9 Å². The average molecular weight is 419 g/mol. The van der Waals surface area contributed by atoms with Crippen molar-refractivity contribution in [2.45, 2.75) is 0 Å². The largest absolute Gasteiger partial charge is 0.493 e. The Kier molecular flexibility index (Phi) is 5.53. The monoisotopic (exact) mass is 419 g/mol. The summed E-state index contributed by atoms with van der Waals surface area (Å²) in [6, 6.07) is 13.8. The molecule has 0 bridgehead atoms. The topological polar surface area (TPSA) is 73.2 Å². The smallest absolute Gasteiger partial charge is 0.203 e. The summed E-state index contributed by atoms with van der Waals surface area (Å²) in [7, 11) is 8.81. The molecule has 0 unspecified atom stereocenters. The van der Waals surface area contributed by atoms with Crippen molar-refractivity contribution in [1.29, 1.82) is 0 Å². The van der Waals surface area contributed by atoms with Crippen molar-refractivity contribution in [3.05, 3.63) is 54.9 Å². The summed E-state index contributed by atoms with van der Waals surface area (Å²) in [4.78, 5) is 6.62. The van der Waals surface area contributed by atoms with Crippen LogP contribution in [0.4, 0.5) is 17.2 Å². The second-order valence-corrected chi connectivity index (χ2v) is 7.11. The van der Waals surface area contributed by atoms with Crippen molar-refractivity contribution in [1.82, 2.24) is 14.6 Å². The number of aromatic nitrogens is 3. The molecule has 0 aliphatic rings. The van der Waals surface area contributed by atoms with E-state index in [0.717, 1.165) is 28.3 Å². The predicted octanol–water partition coefficient (Wildman–Crippen LogP) is 4.23. The Bertz CT molecular complexity index is 1190. The van der Waals surface area contributed by atoms with E-state index in [-0.39, 0.29) is 0 Å². The van der Waals surface area contributed by atoms with Gasteiger partial charge in [0.2, 0.25) is 5.75 Å². The summed E-state index contributed by atoms with van der Waals surface area (Å²) < 4.78 is 18.2. The van der Waals surface area contributed by atoms with Crippen LogP contribution in [-0.2, 0) is 0 Å². The van der Waals surface area contributed by atoms with E-state index >= 15 is 0 Å². The molecule has 160 valence electrons. The Morgan fingerprint density at radius 3 is 2.32 bits per heavy atom. The molecule has 0 spiro atoms. The number of hydrogen-bond donors (Lipinski definition) is 1. The number of hydrogen-bond acceptors (Lipinski definition) is 7. The molecule has 2 aromatic heterocycles. The highest BCUT2D eigenvalue weighted by molar-refractivity contribution is 5.81. The van der Waals surface area contributed by atoms with Crippen LogP contribution >= 0.6 is 0 Å². The molecule has 0 saturated heterocycles. The fourth-order valence-electron chi connectivity index (χ4n) is 3.44. The first kappa shape index (κ1) is 20.3. The molecule has 1 N–H and O–H groups in total. The molecular weight excluding hydrogens is 394 g/mol. The number of fused-ring (bicyclic) bond motifs is 1. The van der Waals surface area contributed by atoms with E-state index in [9.17, 15) is 0 Å². The molecule has 8 heteroatoms. The average Bonchev–Trinajstić information content (AvgIpc) is 3.23. The van der Waals surface area contributed by atoms with Gasteiger partial charge in [0.25, 0.3) is 0 Å². The van der Waals surface area contributed by atoms with Crippen molar-refractivity contribution < 1.29 is 14.2 Å².